The average Bonchev–Trinajstić information content (AvgIpc) is 3.00. The molecule has 0 unspecified atom stereocenters. The Labute approximate surface area is 128 Å². The molecule has 0 aromatic carbocycles. The molecule has 0 aliphatic rings. The first-order valence-electron chi connectivity index (χ1n) is 7.18. The van der Waals surface area contributed by atoms with Gasteiger partial charge in [-0.15, -0.1) is 0 Å². The summed E-state index contributed by atoms with van der Waals surface area (Å²) in [6, 6.07) is 3.70. The SMILES string of the molecule is Cc1cn2cc(NC(=O)c3c(C)noc3C(C)C)ccc2n1. The van der Waals surface area contributed by atoms with Gasteiger partial charge in [-0.25, -0.2) is 4.98 Å². The normalized spacial score (nSPS) is 11.3. The van der Waals surface area contributed by atoms with E-state index in [-0.39, 0.29) is 11.8 Å². The van der Waals surface area contributed by atoms with Gasteiger partial charge < -0.3 is 14.2 Å². The van der Waals surface area contributed by atoms with Crippen LogP contribution in [0.2, 0.25) is 0 Å². The quantitative estimate of drug-likeness (QED) is 0.805. The van der Waals surface area contributed by atoms with E-state index in [1.165, 1.54) is 0 Å². The standard InChI is InChI=1S/C16H18N4O2/c1-9(2)15-14(11(4)19-22-15)16(21)18-12-5-6-13-17-10(3)7-20(13)8-12/h5-9H,1-4H3,(H,18,21). The van der Waals surface area contributed by atoms with E-state index in [2.05, 4.69) is 15.5 Å². The first-order chi connectivity index (χ1) is 10.5. The number of hydrogen-bond donors (Lipinski definition) is 1. The van der Waals surface area contributed by atoms with E-state index in [0.717, 1.165) is 11.3 Å². The zero-order valence-corrected chi connectivity index (χ0v) is 13.0. The zero-order chi connectivity index (χ0) is 15.9. The number of rotatable bonds is 3. The monoisotopic (exact) mass is 298 g/mol. The maximum atomic E-state index is 12.5. The van der Waals surface area contributed by atoms with Gasteiger partial charge in [0.2, 0.25) is 0 Å². The summed E-state index contributed by atoms with van der Waals surface area (Å²) in [6.07, 6.45) is 3.75. The molecule has 0 atom stereocenters. The molecular formula is C16H18N4O2. The molecule has 0 saturated carbocycles. The molecule has 0 radical (unpaired) electrons. The van der Waals surface area contributed by atoms with Gasteiger partial charge >= 0.3 is 0 Å². The summed E-state index contributed by atoms with van der Waals surface area (Å²) in [6.45, 7) is 7.64. The Balaban J connectivity index is 1.91. The van der Waals surface area contributed by atoms with Crippen LogP contribution in [0.4, 0.5) is 5.69 Å². The second-order valence-corrected chi connectivity index (χ2v) is 5.68. The maximum Gasteiger partial charge on any atom is 0.261 e. The molecule has 3 aromatic heterocycles. The minimum Gasteiger partial charge on any atom is -0.360 e. The number of aromatic nitrogens is 3. The largest absolute Gasteiger partial charge is 0.360 e. The number of fused-ring (bicyclic) bond motifs is 1. The minimum absolute atomic E-state index is 0.0979. The molecule has 3 rings (SSSR count). The lowest BCUT2D eigenvalue weighted by molar-refractivity contribution is 0.102. The lowest BCUT2D eigenvalue weighted by Gasteiger charge is -2.07. The van der Waals surface area contributed by atoms with Crippen LogP contribution in [0.1, 0.15) is 47.3 Å². The van der Waals surface area contributed by atoms with Crippen LogP contribution in [0.15, 0.2) is 29.0 Å². The predicted molar refractivity (Wildman–Crippen MR) is 83.2 cm³/mol. The number of nitrogens with zero attached hydrogens (tertiary/aromatic N) is 3. The van der Waals surface area contributed by atoms with Crippen molar-refractivity contribution in [2.75, 3.05) is 5.32 Å². The number of carbonyl (C=O) groups excluding carboxylic acids is 1. The number of hydrogen-bond acceptors (Lipinski definition) is 4. The molecule has 1 N–H and O–H groups in total. The number of nitrogens with one attached hydrogen (secondary N) is 1. The van der Waals surface area contributed by atoms with Crippen LogP contribution in [-0.4, -0.2) is 20.4 Å². The van der Waals surface area contributed by atoms with Crippen LogP contribution in [-0.2, 0) is 0 Å². The molecule has 0 aliphatic heterocycles. The molecule has 0 bridgehead atoms. The summed E-state index contributed by atoms with van der Waals surface area (Å²) in [7, 11) is 0. The first kappa shape index (κ1) is 14.3. The van der Waals surface area contributed by atoms with E-state index in [1.54, 1.807) is 6.92 Å². The second kappa shape index (κ2) is 5.29. The fourth-order valence-electron chi connectivity index (χ4n) is 2.44. The van der Waals surface area contributed by atoms with E-state index in [9.17, 15) is 4.79 Å². The average molecular weight is 298 g/mol. The summed E-state index contributed by atoms with van der Waals surface area (Å²) in [5.74, 6) is 0.494. The molecule has 0 fully saturated rings. The summed E-state index contributed by atoms with van der Waals surface area (Å²) in [5, 5.41) is 6.80. The molecule has 0 aliphatic carbocycles. The van der Waals surface area contributed by atoms with Crippen molar-refractivity contribution < 1.29 is 9.32 Å². The lowest BCUT2D eigenvalue weighted by atomic mass is 10.0. The number of carbonyl (C=O) groups is 1. The van der Waals surface area contributed by atoms with Gasteiger partial charge in [-0.05, 0) is 26.0 Å². The number of pyridine rings is 1. The molecule has 114 valence electrons. The molecule has 0 spiro atoms. The highest BCUT2D eigenvalue weighted by Crippen LogP contribution is 2.23. The van der Waals surface area contributed by atoms with Crippen LogP contribution in [0, 0.1) is 13.8 Å². The zero-order valence-electron chi connectivity index (χ0n) is 13.0. The summed E-state index contributed by atoms with van der Waals surface area (Å²) in [5.41, 5.74) is 3.59. The number of aryl methyl sites for hydroxylation is 2. The fourth-order valence-corrected chi connectivity index (χ4v) is 2.44. The van der Waals surface area contributed by atoms with Crippen molar-refractivity contribution in [3.63, 3.8) is 0 Å². The van der Waals surface area contributed by atoms with Gasteiger partial charge in [0.1, 0.15) is 11.2 Å². The van der Waals surface area contributed by atoms with Crippen molar-refractivity contribution in [3.05, 3.63) is 47.2 Å². The van der Waals surface area contributed by atoms with Crippen molar-refractivity contribution in [2.45, 2.75) is 33.6 Å². The highest BCUT2D eigenvalue weighted by Gasteiger charge is 2.22. The Morgan fingerprint density at radius 2 is 2.05 bits per heavy atom. The smallest absolute Gasteiger partial charge is 0.261 e. The summed E-state index contributed by atoms with van der Waals surface area (Å²) >= 11 is 0. The third-order valence-corrected chi connectivity index (χ3v) is 3.47. The Kier molecular flexibility index (Phi) is 3.44. The topological polar surface area (TPSA) is 72.4 Å². The molecule has 3 heterocycles. The first-order valence-corrected chi connectivity index (χ1v) is 7.18. The van der Waals surface area contributed by atoms with Crippen LogP contribution in [0.3, 0.4) is 0 Å². The lowest BCUT2D eigenvalue weighted by Crippen LogP contribution is -2.15. The molecule has 1 amide bonds. The van der Waals surface area contributed by atoms with E-state index >= 15 is 0 Å². The van der Waals surface area contributed by atoms with Crippen molar-refractivity contribution >= 4 is 17.2 Å². The molecule has 6 nitrogen and oxygen atoms in total. The number of anilines is 1. The van der Waals surface area contributed by atoms with Gasteiger partial charge in [0.05, 0.1) is 17.1 Å². The van der Waals surface area contributed by atoms with E-state index < -0.39 is 0 Å². The summed E-state index contributed by atoms with van der Waals surface area (Å²) < 4.78 is 7.15. The van der Waals surface area contributed by atoms with Gasteiger partial charge in [0.25, 0.3) is 5.91 Å². The number of imidazole rings is 1. The van der Waals surface area contributed by atoms with Gasteiger partial charge in [-0.1, -0.05) is 19.0 Å². The predicted octanol–water partition coefficient (Wildman–Crippen LogP) is 3.31. The molecular weight excluding hydrogens is 280 g/mol. The van der Waals surface area contributed by atoms with Crippen molar-refractivity contribution in [2.24, 2.45) is 0 Å². The third-order valence-electron chi connectivity index (χ3n) is 3.47. The van der Waals surface area contributed by atoms with Crippen LogP contribution >= 0.6 is 0 Å². The molecule has 6 heteroatoms. The molecule has 22 heavy (non-hydrogen) atoms. The Morgan fingerprint density at radius 1 is 1.27 bits per heavy atom. The maximum absolute atomic E-state index is 12.5. The van der Waals surface area contributed by atoms with Crippen LogP contribution in [0.5, 0.6) is 0 Å². The van der Waals surface area contributed by atoms with Gasteiger partial charge in [-0.3, -0.25) is 4.79 Å². The molecule has 3 aromatic rings. The van der Waals surface area contributed by atoms with Crippen LogP contribution < -0.4 is 5.32 Å². The van der Waals surface area contributed by atoms with Crippen molar-refractivity contribution in [1.82, 2.24) is 14.5 Å². The fraction of sp³-hybridized carbons (Fsp3) is 0.312. The highest BCUT2D eigenvalue weighted by atomic mass is 16.5. The third kappa shape index (κ3) is 2.47. The van der Waals surface area contributed by atoms with Crippen molar-refractivity contribution in [1.29, 1.82) is 0 Å². The number of amides is 1. The van der Waals surface area contributed by atoms with Gasteiger partial charge in [0.15, 0.2) is 5.76 Å². The molecule has 0 saturated heterocycles. The Morgan fingerprint density at radius 3 is 2.77 bits per heavy atom. The van der Waals surface area contributed by atoms with Gasteiger partial charge in [0, 0.05) is 18.3 Å². The summed E-state index contributed by atoms with van der Waals surface area (Å²) in [4.78, 5) is 16.9. The highest BCUT2D eigenvalue weighted by molar-refractivity contribution is 6.05. The second-order valence-electron chi connectivity index (χ2n) is 5.68. The Bertz CT molecular complexity index is 845. The van der Waals surface area contributed by atoms with E-state index in [1.807, 2.05) is 49.7 Å². The van der Waals surface area contributed by atoms with E-state index in [0.29, 0.717) is 22.7 Å². The van der Waals surface area contributed by atoms with Crippen LogP contribution in [0.25, 0.3) is 5.65 Å². The van der Waals surface area contributed by atoms with E-state index in [4.69, 9.17) is 4.52 Å². The Hall–Kier alpha value is -2.63. The minimum atomic E-state index is -0.210. The van der Waals surface area contributed by atoms with Gasteiger partial charge in [-0.2, -0.15) is 0 Å². The van der Waals surface area contributed by atoms with Crippen molar-refractivity contribution in [3.8, 4) is 0 Å².